The first-order valence-electron chi connectivity index (χ1n) is 13.2. The molecule has 1 aliphatic heterocycles. The number of terminal acetylenes is 1. The number of carboxylic acids is 1. The number of hydrogen-bond donors (Lipinski definition) is 5. The third kappa shape index (κ3) is 3.55. The molecule has 0 spiro atoms. The van der Waals surface area contributed by atoms with Crippen LogP contribution in [0.1, 0.15) is 58.3 Å². The summed E-state index contributed by atoms with van der Waals surface area (Å²) in [5, 5.41) is 52.1. The number of aliphatic carboxylic acids is 1. The summed E-state index contributed by atoms with van der Waals surface area (Å²) in [6, 6.07) is 0. The molecular formula is C28H38O8. The average Bonchev–Trinajstić information content (AvgIpc) is 3.11. The molecule has 1 heterocycles. The van der Waals surface area contributed by atoms with Crippen LogP contribution in [0.2, 0.25) is 0 Å². The van der Waals surface area contributed by atoms with Crippen molar-refractivity contribution in [2.75, 3.05) is 0 Å². The van der Waals surface area contributed by atoms with Gasteiger partial charge in [0.05, 0.1) is 6.10 Å². The van der Waals surface area contributed by atoms with Crippen LogP contribution in [0.25, 0.3) is 0 Å². The Balaban J connectivity index is 1.51. The maximum Gasteiger partial charge on any atom is 0.335 e. The van der Waals surface area contributed by atoms with Gasteiger partial charge in [0.1, 0.15) is 23.9 Å². The first kappa shape index (κ1) is 25.9. The zero-order chi connectivity index (χ0) is 26.0. The molecule has 1 saturated heterocycles. The highest BCUT2D eigenvalue weighted by atomic mass is 16.7. The molecule has 36 heavy (non-hydrogen) atoms. The number of aliphatic hydroxyl groups is 4. The second kappa shape index (κ2) is 9.23. The summed E-state index contributed by atoms with van der Waals surface area (Å²) in [5.74, 6) is 2.08. The number of aliphatic hydroxyl groups excluding tert-OH is 4. The Morgan fingerprint density at radius 1 is 1.25 bits per heavy atom. The number of rotatable bonds is 4. The van der Waals surface area contributed by atoms with E-state index in [0.29, 0.717) is 18.8 Å². The van der Waals surface area contributed by atoms with Crippen LogP contribution < -0.4 is 0 Å². The zero-order valence-electron chi connectivity index (χ0n) is 20.8. The van der Waals surface area contributed by atoms with E-state index in [9.17, 15) is 30.3 Å². The van der Waals surface area contributed by atoms with Crippen molar-refractivity contribution in [3.05, 3.63) is 23.8 Å². The van der Waals surface area contributed by atoms with E-state index >= 15 is 0 Å². The van der Waals surface area contributed by atoms with Crippen molar-refractivity contribution in [3.63, 3.8) is 0 Å². The van der Waals surface area contributed by atoms with Gasteiger partial charge in [0.25, 0.3) is 0 Å². The zero-order valence-corrected chi connectivity index (χ0v) is 20.8. The van der Waals surface area contributed by atoms with E-state index in [-0.39, 0.29) is 24.2 Å². The maximum absolute atomic E-state index is 11.6. The quantitative estimate of drug-likeness (QED) is 0.290. The molecule has 5 N–H and O–H groups in total. The van der Waals surface area contributed by atoms with Gasteiger partial charge >= 0.3 is 5.97 Å². The summed E-state index contributed by atoms with van der Waals surface area (Å²) in [7, 11) is 0. The molecule has 8 nitrogen and oxygen atoms in total. The topological polar surface area (TPSA) is 137 Å². The minimum Gasteiger partial charge on any atom is -0.479 e. The molecule has 4 fully saturated rings. The number of allylic oxidation sites excluding steroid dienone is 3. The van der Waals surface area contributed by atoms with Crippen molar-refractivity contribution in [2.45, 2.75) is 101 Å². The Kier molecular flexibility index (Phi) is 6.64. The van der Waals surface area contributed by atoms with Crippen molar-refractivity contribution in [3.8, 4) is 12.3 Å². The van der Waals surface area contributed by atoms with Crippen molar-refractivity contribution < 1.29 is 39.8 Å². The van der Waals surface area contributed by atoms with Gasteiger partial charge in [-0.2, -0.15) is 0 Å². The van der Waals surface area contributed by atoms with Crippen LogP contribution in [0.5, 0.6) is 0 Å². The van der Waals surface area contributed by atoms with Crippen LogP contribution in [-0.4, -0.2) is 73.9 Å². The van der Waals surface area contributed by atoms with Crippen LogP contribution >= 0.6 is 0 Å². The van der Waals surface area contributed by atoms with Crippen LogP contribution in [0.15, 0.2) is 23.8 Å². The van der Waals surface area contributed by atoms with Crippen molar-refractivity contribution in [2.24, 2.45) is 29.1 Å². The standard InChI is InChI=1S/C28H38O8/c1-4-27-12-14(3)19-16-9-7-6-8-15(16)10-11-17(19)20(27)18(29)13-28(27,5-2)36-26-23(32)21(30)22(31)24(35-26)25(33)34/h2,8,16-24,26,29-32H,3-4,6-7,9-13H2,1H3,(H,33,34)/t16-,17+,18-,19+,20+,21-,22-,23+,24-,26?,27-,28-/m0/s1. The van der Waals surface area contributed by atoms with E-state index in [0.717, 1.165) is 37.7 Å². The molecule has 0 aromatic carbocycles. The van der Waals surface area contributed by atoms with Gasteiger partial charge in [-0.3, -0.25) is 0 Å². The van der Waals surface area contributed by atoms with Gasteiger partial charge in [-0.15, -0.1) is 6.42 Å². The van der Waals surface area contributed by atoms with Crippen molar-refractivity contribution >= 4 is 5.97 Å². The summed E-state index contributed by atoms with van der Waals surface area (Å²) in [6.07, 6.45) is 5.68. The molecule has 5 rings (SSSR count). The van der Waals surface area contributed by atoms with Crippen LogP contribution in [0.3, 0.4) is 0 Å². The Labute approximate surface area is 212 Å². The first-order chi connectivity index (χ1) is 17.1. The fourth-order valence-corrected chi connectivity index (χ4v) is 8.60. The monoisotopic (exact) mass is 502 g/mol. The third-order valence-electron chi connectivity index (χ3n) is 10.1. The molecule has 8 heteroatoms. The summed E-state index contributed by atoms with van der Waals surface area (Å²) < 4.78 is 11.8. The molecule has 0 aromatic rings. The number of fused-ring (bicyclic) bond motifs is 5. The molecule has 198 valence electrons. The van der Waals surface area contributed by atoms with Crippen LogP contribution in [0.4, 0.5) is 0 Å². The molecule has 0 bridgehead atoms. The van der Waals surface area contributed by atoms with E-state index in [4.69, 9.17) is 15.9 Å². The van der Waals surface area contributed by atoms with Gasteiger partial charge in [-0.25, -0.2) is 4.79 Å². The molecule has 0 amide bonds. The fraction of sp³-hybridized carbons (Fsp3) is 0.750. The van der Waals surface area contributed by atoms with E-state index in [1.807, 2.05) is 6.92 Å². The molecule has 12 atom stereocenters. The minimum absolute atomic E-state index is 0.106. The van der Waals surface area contributed by atoms with Gasteiger partial charge in [0.15, 0.2) is 12.4 Å². The van der Waals surface area contributed by atoms with Gasteiger partial charge in [0, 0.05) is 11.8 Å². The maximum atomic E-state index is 11.6. The molecule has 0 aromatic heterocycles. The van der Waals surface area contributed by atoms with Gasteiger partial charge in [0.2, 0.25) is 0 Å². The van der Waals surface area contributed by atoms with Crippen molar-refractivity contribution in [1.82, 2.24) is 0 Å². The van der Waals surface area contributed by atoms with E-state index in [1.165, 1.54) is 5.57 Å². The molecule has 4 aliphatic carbocycles. The van der Waals surface area contributed by atoms with Gasteiger partial charge in [-0.1, -0.05) is 36.6 Å². The molecule has 5 aliphatic rings. The predicted molar refractivity (Wildman–Crippen MR) is 129 cm³/mol. The first-order valence-corrected chi connectivity index (χ1v) is 13.2. The lowest BCUT2D eigenvalue weighted by molar-refractivity contribution is -0.325. The normalized spacial score (nSPS) is 50.3. The van der Waals surface area contributed by atoms with Gasteiger partial charge < -0.3 is 35.0 Å². The predicted octanol–water partition coefficient (Wildman–Crippen LogP) is 1.76. The third-order valence-corrected chi connectivity index (χ3v) is 10.1. The number of carboxylic acid groups (broad SMARTS) is 1. The summed E-state index contributed by atoms with van der Waals surface area (Å²) >= 11 is 0. The molecular weight excluding hydrogens is 464 g/mol. The summed E-state index contributed by atoms with van der Waals surface area (Å²) in [4.78, 5) is 11.6. The lowest BCUT2D eigenvalue weighted by Gasteiger charge is -2.58. The number of carbonyl (C=O) groups is 1. The van der Waals surface area contributed by atoms with E-state index in [1.54, 1.807) is 0 Å². The lowest BCUT2D eigenvalue weighted by Crippen LogP contribution is -2.63. The lowest BCUT2D eigenvalue weighted by atomic mass is 9.48. The van der Waals surface area contributed by atoms with Crippen molar-refractivity contribution in [1.29, 1.82) is 0 Å². The highest BCUT2D eigenvalue weighted by Gasteiger charge is 2.69. The average molecular weight is 503 g/mol. The fourth-order valence-electron chi connectivity index (χ4n) is 8.60. The largest absolute Gasteiger partial charge is 0.479 e. The van der Waals surface area contributed by atoms with Gasteiger partial charge in [-0.05, 0) is 68.6 Å². The van der Waals surface area contributed by atoms with E-state index in [2.05, 4.69) is 18.6 Å². The molecule has 0 radical (unpaired) electrons. The minimum atomic E-state index is -1.82. The Bertz CT molecular complexity index is 985. The summed E-state index contributed by atoms with van der Waals surface area (Å²) in [6.45, 7) is 6.54. The van der Waals surface area contributed by atoms with Crippen LogP contribution in [0, 0.1) is 41.4 Å². The number of hydrogen-bond acceptors (Lipinski definition) is 7. The highest BCUT2D eigenvalue weighted by molar-refractivity contribution is 5.73. The molecule has 3 saturated carbocycles. The second-order valence-corrected chi connectivity index (χ2v) is 11.5. The smallest absolute Gasteiger partial charge is 0.335 e. The number of ether oxygens (including phenoxy) is 2. The van der Waals surface area contributed by atoms with E-state index < -0.39 is 53.8 Å². The second-order valence-electron chi connectivity index (χ2n) is 11.5. The summed E-state index contributed by atoms with van der Waals surface area (Å²) in [5.41, 5.74) is 0.555. The Morgan fingerprint density at radius 2 is 2.00 bits per heavy atom. The Hall–Kier alpha value is -1.73. The molecule has 1 unspecified atom stereocenters. The van der Waals surface area contributed by atoms with Crippen LogP contribution in [-0.2, 0) is 14.3 Å². The Morgan fingerprint density at radius 3 is 2.67 bits per heavy atom. The highest BCUT2D eigenvalue weighted by Crippen LogP contribution is 2.68. The SMILES string of the molecule is C#C[C@]1(OC2O[C@H](C(=O)O)[C@@H](O)[C@H](O)[C@H]2O)C[C@H](O)[C@H]2[C@@H]3CCC4=CCCC[C@@H]4[C@H]3C(=C)C[C@@]21CC.